The van der Waals surface area contributed by atoms with Gasteiger partial charge in [0, 0.05) is 0 Å². The summed E-state index contributed by atoms with van der Waals surface area (Å²) in [5, 5.41) is 14.1. The molecule has 1 aromatic heterocycles. The highest BCUT2D eigenvalue weighted by Crippen LogP contribution is 2.36. The Hall–Kier alpha value is -2.70. The van der Waals surface area contributed by atoms with Gasteiger partial charge < -0.3 is 19.1 Å². The molecule has 134 valence electrons. The number of benzene rings is 2. The summed E-state index contributed by atoms with van der Waals surface area (Å²) in [6.07, 6.45) is 1.58. The van der Waals surface area contributed by atoms with Gasteiger partial charge in [0.1, 0.15) is 10.8 Å². The van der Waals surface area contributed by atoms with E-state index in [4.69, 9.17) is 37.2 Å². The van der Waals surface area contributed by atoms with Crippen LogP contribution in [0, 0.1) is 0 Å². The fourth-order valence-corrected chi connectivity index (χ4v) is 2.72. The molecule has 0 fully saturated rings. The van der Waals surface area contributed by atoms with Crippen molar-refractivity contribution < 1.29 is 19.1 Å². The van der Waals surface area contributed by atoms with Crippen LogP contribution in [0.2, 0.25) is 5.02 Å². The third-order valence-corrected chi connectivity index (χ3v) is 4.10. The third-order valence-electron chi connectivity index (χ3n) is 3.54. The van der Waals surface area contributed by atoms with Gasteiger partial charge in [0.25, 0.3) is 5.89 Å². The lowest BCUT2D eigenvalue weighted by molar-refractivity contribution is 0.373. The van der Waals surface area contributed by atoms with Crippen molar-refractivity contribution in [3.05, 3.63) is 52.9 Å². The monoisotopic (exact) mass is 392 g/mol. The van der Waals surface area contributed by atoms with Gasteiger partial charge in [0.05, 0.1) is 24.8 Å². The second kappa shape index (κ2) is 7.68. The van der Waals surface area contributed by atoms with Crippen LogP contribution in [0.15, 0.2) is 40.9 Å². The van der Waals surface area contributed by atoms with Crippen molar-refractivity contribution >= 4 is 34.3 Å². The lowest BCUT2D eigenvalue weighted by Gasteiger charge is -2.06. The fourth-order valence-electron chi connectivity index (χ4n) is 2.30. The predicted molar refractivity (Wildman–Crippen MR) is 99.7 cm³/mol. The number of rotatable bonds is 5. The Morgan fingerprint density at radius 1 is 1.15 bits per heavy atom. The molecule has 3 aromatic rings. The first-order valence-corrected chi connectivity index (χ1v) is 8.20. The largest absolute Gasteiger partial charge is 0.503 e. The molecule has 0 aliphatic carbocycles. The van der Waals surface area contributed by atoms with Gasteiger partial charge in [-0.15, -0.1) is 0 Å². The summed E-state index contributed by atoms with van der Waals surface area (Å²) < 4.78 is 15.6. The number of ether oxygens (including phenoxy) is 2. The van der Waals surface area contributed by atoms with Gasteiger partial charge >= 0.3 is 0 Å². The van der Waals surface area contributed by atoms with Crippen molar-refractivity contribution in [2.24, 2.45) is 0 Å². The fraction of sp³-hybridized carbons (Fsp3) is 0.111. The summed E-state index contributed by atoms with van der Waals surface area (Å²) in [4.78, 5) is 4.30. The van der Waals surface area contributed by atoms with Gasteiger partial charge in [-0.25, -0.2) is 0 Å². The molecule has 0 saturated carbocycles. The van der Waals surface area contributed by atoms with E-state index >= 15 is 0 Å². The zero-order valence-corrected chi connectivity index (χ0v) is 15.4. The standard InChI is InChI=1S/C18H14Cl2N2O4/c1-24-14-6-4-3-5-11(14)17-21-18(26-22-17)13(20)8-10-7-12(19)16(23)15(9-10)25-2/h3-9,23H,1-2H3/b13-8-. The second-order valence-electron chi connectivity index (χ2n) is 5.17. The number of methoxy groups -OCH3 is 2. The molecule has 8 heteroatoms. The van der Waals surface area contributed by atoms with Crippen molar-refractivity contribution in [3.8, 4) is 28.6 Å². The molecule has 0 aliphatic rings. The predicted octanol–water partition coefficient (Wildman–Crippen LogP) is 4.85. The van der Waals surface area contributed by atoms with Crippen molar-refractivity contribution in [3.63, 3.8) is 0 Å². The van der Waals surface area contributed by atoms with E-state index in [-0.39, 0.29) is 27.4 Å². The van der Waals surface area contributed by atoms with E-state index in [9.17, 15) is 5.11 Å². The number of hydrogen-bond acceptors (Lipinski definition) is 6. The molecule has 2 aromatic carbocycles. The molecular weight excluding hydrogens is 379 g/mol. The number of phenols is 1. The van der Waals surface area contributed by atoms with E-state index in [1.807, 2.05) is 18.2 Å². The molecule has 0 saturated heterocycles. The number of nitrogens with zero attached hydrogens (tertiary/aromatic N) is 2. The van der Waals surface area contributed by atoms with E-state index in [2.05, 4.69) is 10.1 Å². The topological polar surface area (TPSA) is 77.6 Å². The molecule has 1 N–H and O–H groups in total. The molecular formula is C18H14Cl2N2O4. The van der Waals surface area contributed by atoms with Crippen LogP contribution in [0.5, 0.6) is 17.2 Å². The van der Waals surface area contributed by atoms with Crippen molar-refractivity contribution in [1.82, 2.24) is 10.1 Å². The summed E-state index contributed by atoms with van der Waals surface area (Å²) in [5.41, 5.74) is 1.29. The molecule has 0 atom stereocenters. The minimum Gasteiger partial charge on any atom is -0.503 e. The molecule has 6 nitrogen and oxygen atoms in total. The zero-order chi connectivity index (χ0) is 18.7. The third kappa shape index (κ3) is 3.61. The lowest BCUT2D eigenvalue weighted by Crippen LogP contribution is -1.89. The van der Waals surface area contributed by atoms with E-state index in [1.165, 1.54) is 7.11 Å². The average molecular weight is 393 g/mol. The molecule has 0 bridgehead atoms. The first kappa shape index (κ1) is 18.1. The number of aromatic nitrogens is 2. The molecule has 3 rings (SSSR count). The Morgan fingerprint density at radius 2 is 1.88 bits per heavy atom. The first-order valence-electron chi connectivity index (χ1n) is 7.44. The summed E-state index contributed by atoms with van der Waals surface area (Å²) in [6.45, 7) is 0. The van der Waals surface area contributed by atoms with Crippen LogP contribution in [0.25, 0.3) is 22.5 Å². The van der Waals surface area contributed by atoms with Crippen LogP contribution in [0.3, 0.4) is 0 Å². The number of aromatic hydroxyl groups is 1. The Morgan fingerprint density at radius 3 is 2.62 bits per heavy atom. The maximum Gasteiger partial charge on any atom is 0.269 e. The van der Waals surface area contributed by atoms with E-state index in [0.717, 1.165) is 0 Å². The lowest BCUT2D eigenvalue weighted by atomic mass is 10.2. The summed E-state index contributed by atoms with van der Waals surface area (Å²) in [7, 11) is 2.99. The van der Waals surface area contributed by atoms with Crippen LogP contribution in [-0.2, 0) is 0 Å². The SMILES string of the molecule is COc1ccccc1-c1noc(/C(Cl)=C/c2cc(Cl)c(O)c(OC)c2)n1. The smallest absolute Gasteiger partial charge is 0.269 e. The highest BCUT2D eigenvalue weighted by molar-refractivity contribution is 6.50. The number of para-hydroxylation sites is 1. The Kier molecular flexibility index (Phi) is 5.35. The van der Waals surface area contributed by atoms with Crippen LogP contribution < -0.4 is 9.47 Å². The minimum atomic E-state index is -0.140. The van der Waals surface area contributed by atoms with Crippen LogP contribution in [0.4, 0.5) is 0 Å². The summed E-state index contributed by atoms with van der Waals surface area (Å²) in [5.74, 6) is 1.20. The zero-order valence-electron chi connectivity index (χ0n) is 13.9. The molecule has 0 spiro atoms. The summed E-state index contributed by atoms with van der Waals surface area (Å²) in [6, 6.07) is 10.4. The van der Waals surface area contributed by atoms with Crippen LogP contribution in [-0.4, -0.2) is 29.5 Å². The van der Waals surface area contributed by atoms with E-state index in [0.29, 0.717) is 22.7 Å². The molecule has 0 radical (unpaired) electrons. The van der Waals surface area contributed by atoms with Gasteiger partial charge in [-0.2, -0.15) is 4.98 Å². The highest BCUT2D eigenvalue weighted by Gasteiger charge is 2.15. The number of hydrogen-bond donors (Lipinski definition) is 1. The van der Waals surface area contributed by atoms with E-state index in [1.54, 1.807) is 31.4 Å². The molecule has 0 aliphatic heterocycles. The van der Waals surface area contributed by atoms with Crippen LogP contribution >= 0.6 is 23.2 Å². The molecule has 26 heavy (non-hydrogen) atoms. The first-order chi connectivity index (χ1) is 12.5. The normalized spacial score (nSPS) is 11.5. The quantitative estimate of drug-likeness (QED) is 0.668. The number of halogens is 2. The molecule has 0 unspecified atom stereocenters. The van der Waals surface area contributed by atoms with Gasteiger partial charge in [0.15, 0.2) is 11.5 Å². The highest BCUT2D eigenvalue weighted by atomic mass is 35.5. The van der Waals surface area contributed by atoms with Crippen LogP contribution in [0.1, 0.15) is 11.5 Å². The minimum absolute atomic E-state index is 0.135. The van der Waals surface area contributed by atoms with Crippen molar-refractivity contribution in [1.29, 1.82) is 0 Å². The van der Waals surface area contributed by atoms with Gasteiger partial charge in [0.2, 0.25) is 5.82 Å². The molecule has 0 amide bonds. The van der Waals surface area contributed by atoms with Gasteiger partial charge in [-0.1, -0.05) is 40.5 Å². The maximum absolute atomic E-state index is 9.79. The summed E-state index contributed by atoms with van der Waals surface area (Å²) >= 11 is 12.3. The van der Waals surface area contributed by atoms with Gasteiger partial charge in [-0.05, 0) is 35.9 Å². The van der Waals surface area contributed by atoms with Crippen molar-refractivity contribution in [2.75, 3.05) is 14.2 Å². The Balaban J connectivity index is 1.94. The van der Waals surface area contributed by atoms with Gasteiger partial charge in [-0.3, -0.25) is 0 Å². The Labute approximate surface area is 159 Å². The maximum atomic E-state index is 9.79. The molecule has 1 heterocycles. The number of phenolic OH excluding ortho intramolecular Hbond substituents is 1. The second-order valence-corrected chi connectivity index (χ2v) is 5.98. The Bertz CT molecular complexity index is 970. The van der Waals surface area contributed by atoms with E-state index < -0.39 is 0 Å². The van der Waals surface area contributed by atoms with Crippen molar-refractivity contribution in [2.45, 2.75) is 0 Å². The average Bonchev–Trinajstić information content (AvgIpc) is 3.14.